The van der Waals surface area contributed by atoms with Crippen LogP contribution in [0.5, 0.6) is 5.75 Å². The molecule has 30 heavy (non-hydrogen) atoms. The molecule has 5 rings (SSSR count). The number of nitrogen functional groups attached to an aromatic ring is 1. The second-order valence-electron chi connectivity index (χ2n) is 7.23. The molecule has 7 nitrogen and oxygen atoms in total. The number of oxazole rings is 1. The first-order valence-corrected chi connectivity index (χ1v) is 9.74. The lowest BCUT2D eigenvalue weighted by molar-refractivity contribution is 0.227. The molecule has 3 aromatic heterocycles. The molecule has 0 unspecified atom stereocenters. The lowest BCUT2D eigenvalue weighted by atomic mass is 9.96. The minimum absolute atomic E-state index is 0.270. The number of nitrogens with zero attached hydrogens (tertiary/aromatic N) is 4. The Balaban J connectivity index is 1.79. The van der Waals surface area contributed by atoms with Gasteiger partial charge >= 0.3 is 0 Å². The Morgan fingerprint density at radius 1 is 1.23 bits per heavy atom. The number of aromatic nitrogens is 4. The van der Waals surface area contributed by atoms with Crippen molar-refractivity contribution in [3.8, 4) is 28.3 Å². The van der Waals surface area contributed by atoms with Crippen LogP contribution in [0.2, 0.25) is 0 Å². The van der Waals surface area contributed by atoms with E-state index in [0.29, 0.717) is 35.7 Å². The Morgan fingerprint density at radius 3 is 2.93 bits per heavy atom. The number of aryl methyl sites for hydroxylation is 1. The van der Waals surface area contributed by atoms with Crippen molar-refractivity contribution in [2.75, 3.05) is 5.73 Å². The summed E-state index contributed by atoms with van der Waals surface area (Å²) in [5.74, 6) is 1.03. The predicted molar refractivity (Wildman–Crippen MR) is 109 cm³/mol. The zero-order valence-corrected chi connectivity index (χ0v) is 16.6. The molecule has 2 bridgehead atoms. The standard InChI is InChI=1S/C22H20FN5O2/c1-3-28-21-13-7-19(22(24)25-9-13)30-12(2)17-8-15(23)4-5-16(17)20-18(29-11-26-20)6-14(21)10-27-28/h4-5,7-12H,3,6H2,1-2H3,(H2,24,25)/t12-/m1/s1. The number of pyridine rings is 1. The summed E-state index contributed by atoms with van der Waals surface area (Å²) in [5.41, 5.74) is 10.9. The second kappa shape index (κ2) is 6.98. The van der Waals surface area contributed by atoms with E-state index in [4.69, 9.17) is 14.9 Å². The molecule has 0 aliphatic carbocycles. The number of halogens is 1. The van der Waals surface area contributed by atoms with E-state index in [-0.39, 0.29) is 11.6 Å². The number of nitrogens with two attached hydrogens (primary N) is 1. The highest BCUT2D eigenvalue weighted by atomic mass is 19.1. The monoisotopic (exact) mass is 405 g/mol. The van der Waals surface area contributed by atoms with Crippen LogP contribution in [0.4, 0.5) is 10.2 Å². The Hall–Kier alpha value is -3.68. The summed E-state index contributed by atoms with van der Waals surface area (Å²) in [5, 5.41) is 4.52. The third-order valence-electron chi connectivity index (χ3n) is 5.37. The second-order valence-corrected chi connectivity index (χ2v) is 7.23. The number of hydrogen-bond donors (Lipinski definition) is 1. The van der Waals surface area contributed by atoms with Crippen molar-refractivity contribution in [2.45, 2.75) is 32.9 Å². The minimum Gasteiger partial charge on any atom is -0.482 e. The summed E-state index contributed by atoms with van der Waals surface area (Å²) in [4.78, 5) is 8.75. The van der Waals surface area contributed by atoms with Crippen LogP contribution in [0.25, 0.3) is 22.5 Å². The van der Waals surface area contributed by atoms with Crippen LogP contribution in [0.15, 0.2) is 47.5 Å². The van der Waals surface area contributed by atoms with Crippen LogP contribution in [0.3, 0.4) is 0 Å². The van der Waals surface area contributed by atoms with Crippen molar-refractivity contribution in [1.82, 2.24) is 19.7 Å². The van der Waals surface area contributed by atoms with Gasteiger partial charge < -0.3 is 14.9 Å². The number of ether oxygens (including phenoxy) is 1. The normalized spacial score (nSPS) is 15.2. The van der Waals surface area contributed by atoms with Crippen LogP contribution in [0, 0.1) is 5.82 Å². The van der Waals surface area contributed by atoms with Crippen molar-refractivity contribution in [3.05, 3.63) is 65.8 Å². The summed E-state index contributed by atoms with van der Waals surface area (Å²) >= 11 is 0. The fourth-order valence-corrected chi connectivity index (χ4v) is 3.93. The van der Waals surface area contributed by atoms with E-state index in [1.54, 1.807) is 12.3 Å². The van der Waals surface area contributed by atoms with Gasteiger partial charge in [-0.25, -0.2) is 14.4 Å². The molecule has 0 amide bonds. The van der Waals surface area contributed by atoms with Gasteiger partial charge in [-0.2, -0.15) is 5.10 Å². The van der Waals surface area contributed by atoms with Gasteiger partial charge in [0.05, 0.1) is 11.9 Å². The maximum atomic E-state index is 14.1. The average molecular weight is 405 g/mol. The first-order chi connectivity index (χ1) is 14.5. The molecular weight excluding hydrogens is 385 g/mol. The Labute approximate surface area is 172 Å². The molecule has 4 heterocycles. The Kier molecular flexibility index (Phi) is 4.27. The fraction of sp³-hybridized carbons (Fsp3) is 0.227. The van der Waals surface area contributed by atoms with E-state index in [1.807, 2.05) is 30.8 Å². The van der Waals surface area contributed by atoms with Crippen LogP contribution in [-0.2, 0) is 13.0 Å². The van der Waals surface area contributed by atoms with E-state index in [0.717, 1.165) is 22.4 Å². The topological polar surface area (TPSA) is 92.0 Å². The highest BCUT2D eigenvalue weighted by Gasteiger charge is 2.24. The van der Waals surface area contributed by atoms with Crippen molar-refractivity contribution in [3.63, 3.8) is 0 Å². The highest BCUT2D eigenvalue weighted by molar-refractivity contribution is 5.70. The number of hydrogen-bond acceptors (Lipinski definition) is 6. The average Bonchev–Trinajstić information content (AvgIpc) is 3.36. The summed E-state index contributed by atoms with van der Waals surface area (Å²) in [6.45, 7) is 4.56. The fourth-order valence-electron chi connectivity index (χ4n) is 3.93. The van der Waals surface area contributed by atoms with Crippen molar-refractivity contribution >= 4 is 5.82 Å². The third kappa shape index (κ3) is 2.92. The van der Waals surface area contributed by atoms with Gasteiger partial charge in [0.2, 0.25) is 0 Å². The molecule has 1 atom stereocenters. The molecule has 0 saturated heterocycles. The number of rotatable bonds is 1. The maximum absolute atomic E-state index is 14.1. The Morgan fingerprint density at radius 2 is 2.10 bits per heavy atom. The molecule has 4 aromatic rings. The molecule has 8 heteroatoms. The maximum Gasteiger partial charge on any atom is 0.181 e. The number of fused-ring (bicyclic) bond motifs is 7. The molecule has 0 radical (unpaired) electrons. The molecular formula is C22H20FN5O2. The molecule has 1 aromatic carbocycles. The molecule has 1 aliphatic rings. The Bertz CT molecular complexity index is 1250. The van der Waals surface area contributed by atoms with Crippen molar-refractivity contribution in [1.29, 1.82) is 0 Å². The van der Waals surface area contributed by atoms with Gasteiger partial charge in [0.1, 0.15) is 23.4 Å². The largest absolute Gasteiger partial charge is 0.482 e. The number of benzene rings is 1. The SMILES string of the molecule is CCn1ncc2c1-c1cnc(N)c(c1)O[C@H](C)c1cc(F)ccc1-c1ncoc1C2. The smallest absolute Gasteiger partial charge is 0.181 e. The lowest BCUT2D eigenvalue weighted by Gasteiger charge is -2.20. The quantitative estimate of drug-likeness (QED) is 0.505. The van der Waals surface area contributed by atoms with Gasteiger partial charge in [-0.05, 0) is 38.1 Å². The van der Waals surface area contributed by atoms with Crippen molar-refractivity contribution in [2.24, 2.45) is 0 Å². The zero-order chi connectivity index (χ0) is 20.8. The van der Waals surface area contributed by atoms with Gasteiger partial charge in [0.15, 0.2) is 18.0 Å². The van der Waals surface area contributed by atoms with Crippen LogP contribution < -0.4 is 10.5 Å². The summed E-state index contributed by atoms with van der Waals surface area (Å²) < 4.78 is 27.9. The summed E-state index contributed by atoms with van der Waals surface area (Å²) in [6.07, 6.45) is 4.93. The summed E-state index contributed by atoms with van der Waals surface area (Å²) in [7, 11) is 0. The van der Waals surface area contributed by atoms with Gasteiger partial charge in [0, 0.05) is 41.4 Å². The van der Waals surface area contributed by atoms with Gasteiger partial charge in [-0.15, -0.1) is 0 Å². The molecule has 0 fully saturated rings. The first kappa shape index (κ1) is 18.4. The van der Waals surface area contributed by atoms with Gasteiger partial charge in [-0.3, -0.25) is 4.68 Å². The van der Waals surface area contributed by atoms with Crippen molar-refractivity contribution < 1.29 is 13.5 Å². The molecule has 1 aliphatic heterocycles. The molecule has 2 N–H and O–H groups in total. The van der Waals surface area contributed by atoms with Gasteiger partial charge in [0.25, 0.3) is 0 Å². The number of anilines is 1. The van der Waals surface area contributed by atoms with E-state index < -0.39 is 6.10 Å². The molecule has 0 spiro atoms. The molecule has 0 saturated carbocycles. The van der Waals surface area contributed by atoms with E-state index in [1.165, 1.54) is 18.5 Å². The molecule has 152 valence electrons. The van der Waals surface area contributed by atoms with Crippen LogP contribution in [-0.4, -0.2) is 19.7 Å². The minimum atomic E-state index is -0.491. The van der Waals surface area contributed by atoms with E-state index >= 15 is 0 Å². The van der Waals surface area contributed by atoms with Crippen LogP contribution in [0.1, 0.15) is 36.8 Å². The zero-order valence-electron chi connectivity index (χ0n) is 16.6. The van der Waals surface area contributed by atoms with Crippen LogP contribution >= 0.6 is 0 Å². The summed E-state index contributed by atoms with van der Waals surface area (Å²) in [6, 6.07) is 6.42. The highest BCUT2D eigenvalue weighted by Crippen LogP contribution is 2.38. The lowest BCUT2D eigenvalue weighted by Crippen LogP contribution is -2.10. The van der Waals surface area contributed by atoms with E-state index in [2.05, 4.69) is 15.1 Å². The van der Waals surface area contributed by atoms with Gasteiger partial charge in [-0.1, -0.05) is 0 Å². The third-order valence-corrected chi connectivity index (χ3v) is 5.37. The van der Waals surface area contributed by atoms with E-state index in [9.17, 15) is 4.39 Å². The first-order valence-electron chi connectivity index (χ1n) is 9.74. The predicted octanol–water partition coefficient (Wildman–Crippen LogP) is 4.39.